The van der Waals surface area contributed by atoms with E-state index in [1.165, 1.54) is 10.3 Å². The van der Waals surface area contributed by atoms with Gasteiger partial charge < -0.3 is 15.0 Å². The normalized spacial score (nSPS) is 18.0. The summed E-state index contributed by atoms with van der Waals surface area (Å²) in [5.41, 5.74) is 2.26. The number of hydrogen-bond acceptors (Lipinski definition) is 3. The van der Waals surface area contributed by atoms with Crippen molar-refractivity contribution in [3.8, 4) is 0 Å². The molecule has 2 N–H and O–H groups in total. The van der Waals surface area contributed by atoms with Gasteiger partial charge in [0, 0.05) is 30.7 Å². The third-order valence-electron chi connectivity index (χ3n) is 3.79. The second-order valence-electron chi connectivity index (χ2n) is 5.10. The molecule has 1 saturated heterocycles. The van der Waals surface area contributed by atoms with Gasteiger partial charge in [-0.05, 0) is 18.1 Å². The predicted molar refractivity (Wildman–Crippen MR) is 77.9 cm³/mol. The fraction of sp³-hybridized carbons (Fsp3) is 0.333. The van der Waals surface area contributed by atoms with Gasteiger partial charge in [0.15, 0.2) is 0 Å². The number of benzene rings is 1. The molecule has 1 atom stereocenters. The number of amides is 2. The Balaban J connectivity index is 1.56. The molecule has 1 aromatic heterocycles. The molecule has 0 spiro atoms. The number of nitrogens with zero attached hydrogens (tertiary/aromatic N) is 1. The maximum absolute atomic E-state index is 12.0. The highest BCUT2D eigenvalue weighted by atomic mass is 16.6. The molecule has 1 aliphatic rings. The van der Waals surface area contributed by atoms with Crippen molar-refractivity contribution < 1.29 is 14.3 Å². The van der Waals surface area contributed by atoms with Gasteiger partial charge in [-0.25, -0.2) is 4.79 Å². The molecule has 2 amide bonds. The zero-order valence-electron chi connectivity index (χ0n) is 11.8. The first-order valence-electron chi connectivity index (χ1n) is 6.89. The number of cyclic esters (lactones) is 1. The molecule has 6 heteroatoms. The number of likely N-dealkylation sites (N-methyl/N-ethyl adjacent to an activating group) is 1. The first-order valence-corrected chi connectivity index (χ1v) is 6.89. The lowest BCUT2D eigenvalue weighted by molar-refractivity contribution is -0.124. The van der Waals surface area contributed by atoms with E-state index in [0.717, 1.165) is 17.5 Å². The van der Waals surface area contributed by atoms with Crippen molar-refractivity contribution in [1.29, 1.82) is 0 Å². The van der Waals surface area contributed by atoms with Gasteiger partial charge >= 0.3 is 6.09 Å². The summed E-state index contributed by atoms with van der Waals surface area (Å²) >= 11 is 0. The fourth-order valence-corrected chi connectivity index (χ4v) is 2.52. The van der Waals surface area contributed by atoms with Crippen molar-refractivity contribution in [3.63, 3.8) is 0 Å². The molecule has 110 valence electrons. The van der Waals surface area contributed by atoms with Gasteiger partial charge in [0.2, 0.25) is 5.91 Å². The number of carbonyl (C=O) groups is 2. The van der Waals surface area contributed by atoms with E-state index in [9.17, 15) is 9.59 Å². The average molecular weight is 287 g/mol. The molecule has 1 fully saturated rings. The monoisotopic (exact) mass is 287 g/mol. The Bertz CT molecular complexity index is 680. The Morgan fingerprint density at radius 3 is 3.05 bits per heavy atom. The van der Waals surface area contributed by atoms with Crippen LogP contribution >= 0.6 is 0 Å². The molecular formula is C15H17N3O3. The molecule has 1 unspecified atom stereocenters. The van der Waals surface area contributed by atoms with Crippen molar-refractivity contribution in [2.75, 3.05) is 20.2 Å². The van der Waals surface area contributed by atoms with Crippen LogP contribution in [0.25, 0.3) is 10.9 Å². The number of rotatable bonds is 4. The number of H-pyrrole nitrogens is 1. The molecule has 6 nitrogen and oxygen atoms in total. The quantitative estimate of drug-likeness (QED) is 0.889. The van der Waals surface area contributed by atoms with Crippen LogP contribution in [-0.2, 0) is 16.0 Å². The second-order valence-corrected chi connectivity index (χ2v) is 5.10. The number of aromatic nitrogens is 1. The molecule has 2 aromatic rings. The summed E-state index contributed by atoms with van der Waals surface area (Å²) in [6.07, 6.45) is 2.25. The van der Waals surface area contributed by atoms with Crippen molar-refractivity contribution in [1.82, 2.24) is 15.2 Å². The van der Waals surface area contributed by atoms with Crippen LogP contribution in [0.3, 0.4) is 0 Å². The van der Waals surface area contributed by atoms with E-state index < -0.39 is 12.1 Å². The summed E-state index contributed by atoms with van der Waals surface area (Å²) in [6, 6.07) is 7.53. The summed E-state index contributed by atoms with van der Waals surface area (Å²) in [5.74, 6) is -0.178. The summed E-state index contributed by atoms with van der Waals surface area (Å²) in [6.45, 7) is 0.646. The molecule has 21 heavy (non-hydrogen) atoms. The van der Waals surface area contributed by atoms with E-state index in [4.69, 9.17) is 4.74 Å². The van der Waals surface area contributed by atoms with Gasteiger partial charge in [0.05, 0.1) is 0 Å². The van der Waals surface area contributed by atoms with E-state index in [0.29, 0.717) is 6.54 Å². The Morgan fingerprint density at radius 1 is 1.48 bits per heavy atom. The third-order valence-corrected chi connectivity index (χ3v) is 3.79. The summed E-state index contributed by atoms with van der Waals surface area (Å²) in [4.78, 5) is 27.7. The van der Waals surface area contributed by atoms with Crippen LogP contribution in [0, 0.1) is 0 Å². The van der Waals surface area contributed by atoms with Gasteiger partial charge in [-0.3, -0.25) is 9.69 Å². The van der Waals surface area contributed by atoms with Crippen LogP contribution in [0.1, 0.15) is 5.56 Å². The molecule has 0 radical (unpaired) electrons. The SMILES string of the molecule is CN1C(=O)OCC1C(=O)NCCc1c[nH]c2ccccc12. The van der Waals surface area contributed by atoms with E-state index in [2.05, 4.69) is 16.4 Å². The zero-order chi connectivity index (χ0) is 14.8. The summed E-state index contributed by atoms with van der Waals surface area (Å²) in [7, 11) is 1.57. The van der Waals surface area contributed by atoms with Gasteiger partial charge in [0.25, 0.3) is 0 Å². The molecule has 2 heterocycles. The first kappa shape index (κ1) is 13.5. The van der Waals surface area contributed by atoms with Crippen LogP contribution in [-0.4, -0.2) is 48.1 Å². The predicted octanol–water partition coefficient (Wildman–Crippen LogP) is 1.28. The van der Waals surface area contributed by atoms with E-state index in [1.54, 1.807) is 7.05 Å². The maximum Gasteiger partial charge on any atom is 0.410 e. The van der Waals surface area contributed by atoms with Crippen LogP contribution < -0.4 is 5.32 Å². The molecule has 3 rings (SSSR count). The Morgan fingerprint density at radius 2 is 2.29 bits per heavy atom. The lowest BCUT2D eigenvalue weighted by atomic mass is 10.1. The smallest absolute Gasteiger partial charge is 0.410 e. The Hall–Kier alpha value is -2.50. The van der Waals surface area contributed by atoms with Crippen molar-refractivity contribution in [2.45, 2.75) is 12.5 Å². The Kier molecular flexibility index (Phi) is 3.51. The van der Waals surface area contributed by atoms with Crippen LogP contribution in [0.2, 0.25) is 0 Å². The lowest BCUT2D eigenvalue weighted by Crippen LogP contribution is -2.44. The number of hydrogen-bond donors (Lipinski definition) is 2. The van der Waals surface area contributed by atoms with Crippen molar-refractivity contribution in [3.05, 3.63) is 36.0 Å². The summed E-state index contributed by atoms with van der Waals surface area (Å²) < 4.78 is 4.83. The van der Waals surface area contributed by atoms with Crippen LogP contribution in [0.4, 0.5) is 4.79 Å². The summed E-state index contributed by atoms with van der Waals surface area (Å²) in [5, 5.41) is 4.02. The average Bonchev–Trinajstić information content (AvgIpc) is 3.04. The molecule has 0 saturated carbocycles. The number of ether oxygens (including phenoxy) is 1. The highest BCUT2D eigenvalue weighted by molar-refractivity contribution is 5.88. The molecule has 1 aromatic carbocycles. The highest BCUT2D eigenvalue weighted by Gasteiger charge is 2.34. The lowest BCUT2D eigenvalue weighted by Gasteiger charge is -2.15. The number of fused-ring (bicyclic) bond motifs is 1. The number of aromatic amines is 1. The standard InChI is InChI=1S/C15H17N3O3/c1-18-13(9-21-15(18)20)14(19)16-7-6-10-8-17-12-5-3-2-4-11(10)12/h2-5,8,13,17H,6-7,9H2,1H3,(H,16,19). The second kappa shape index (κ2) is 5.47. The van der Waals surface area contributed by atoms with E-state index in [1.807, 2.05) is 24.4 Å². The topological polar surface area (TPSA) is 74.4 Å². The van der Waals surface area contributed by atoms with E-state index >= 15 is 0 Å². The third kappa shape index (κ3) is 2.56. The van der Waals surface area contributed by atoms with Gasteiger partial charge in [-0.2, -0.15) is 0 Å². The Labute approximate surface area is 122 Å². The highest BCUT2D eigenvalue weighted by Crippen LogP contribution is 2.17. The largest absolute Gasteiger partial charge is 0.447 e. The fourth-order valence-electron chi connectivity index (χ4n) is 2.52. The van der Waals surface area contributed by atoms with Gasteiger partial charge in [-0.15, -0.1) is 0 Å². The van der Waals surface area contributed by atoms with Crippen molar-refractivity contribution in [2.24, 2.45) is 0 Å². The number of para-hydroxylation sites is 1. The number of nitrogens with one attached hydrogen (secondary N) is 2. The first-order chi connectivity index (χ1) is 10.2. The molecule has 0 aliphatic carbocycles. The molecular weight excluding hydrogens is 270 g/mol. The van der Waals surface area contributed by atoms with Gasteiger partial charge in [-0.1, -0.05) is 18.2 Å². The van der Waals surface area contributed by atoms with Crippen LogP contribution in [0.15, 0.2) is 30.5 Å². The minimum Gasteiger partial charge on any atom is -0.447 e. The minimum atomic E-state index is -0.527. The maximum atomic E-state index is 12.0. The zero-order valence-corrected chi connectivity index (χ0v) is 11.8. The van der Waals surface area contributed by atoms with E-state index in [-0.39, 0.29) is 12.5 Å². The van der Waals surface area contributed by atoms with Crippen LogP contribution in [0.5, 0.6) is 0 Å². The van der Waals surface area contributed by atoms with Gasteiger partial charge in [0.1, 0.15) is 12.6 Å². The number of carbonyl (C=O) groups excluding carboxylic acids is 2. The minimum absolute atomic E-state index is 0.119. The van der Waals surface area contributed by atoms with Crippen molar-refractivity contribution >= 4 is 22.9 Å². The molecule has 0 bridgehead atoms. The molecule has 1 aliphatic heterocycles.